The average Bonchev–Trinajstić information content (AvgIpc) is 3.04. The number of nitrogens with one attached hydrogen (secondary N) is 2. The third kappa shape index (κ3) is 3.18. The number of rotatable bonds is 4. The molecule has 1 aromatic heterocycles. The number of ether oxygens (including phenoxy) is 1. The van der Waals surface area contributed by atoms with Crippen LogP contribution in [0.3, 0.4) is 0 Å². The van der Waals surface area contributed by atoms with Crippen LogP contribution in [-0.2, 0) is 22.4 Å². The highest BCUT2D eigenvalue weighted by Gasteiger charge is 2.30. The molecule has 132 valence electrons. The fraction of sp³-hybridized carbons (Fsp3) is 0.200. The highest BCUT2D eigenvalue weighted by molar-refractivity contribution is 6.31. The molecule has 0 spiro atoms. The van der Waals surface area contributed by atoms with Gasteiger partial charge in [0.05, 0.1) is 5.56 Å². The van der Waals surface area contributed by atoms with Crippen LogP contribution in [0.5, 0.6) is 0 Å². The van der Waals surface area contributed by atoms with E-state index in [-0.39, 0.29) is 5.91 Å². The quantitative estimate of drug-likeness (QED) is 0.694. The zero-order chi connectivity index (χ0) is 18.1. The first-order valence-corrected chi connectivity index (χ1v) is 8.82. The lowest BCUT2D eigenvalue weighted by atomic mass is 9.98. The standard InChI is InChI=1S/C20H17ClN2O3/c21-14-5-6-17-16(10-14)13(11-23-17)7-8-22-19(24)18-9-12-3-1-2-4-15(12)20(25)26-18/h1-6,10-11,18,23H,7-9H2,(H,22,24)/t18-/m0/s1. The number of aromatic nitrogens is 1. The number of hydrogen-bond acceptors (Lipinski definition) is 3. The van der Waals surface area contributed by atoms with Crippen molar-refractivity contribution in [3.8, 4) is 0 Å². The van der Waals surface area contributed by atoms with Gasteiger partial charge in [0.2, 0.25) is 0 Å². The van der Waals surface area contributed by atoms with Crippen molar-refractivity contribution in [2.75, 3.05) is 6.54 Å². The maximum atomic E-state index is 12.4. The summed E-state index contributed by atoms with van der Waals surface area (Å²) in [5.41, 5.74) is 3.46. The van der Waals surface area contributed by atoms with E-state index in [9.17, 15) is 9.59 Å². The van der Waals surface area contributed by atoms with E-state index in [4.69, 9.17) is 16.3 Å². The van der Waals surface area contributed by atoms with Crippen LogP contribution in [0.4, 0.5) is 0 Å². The van der Waals surface area contributed by atoms with Crippen molar-refractivity contribution in [3.63, 3.8) is 0 Å². The third-order valence-electron chi connectivity index (χ3n) is 4.61. The van der Waals surface area contributed by atoms with Crippen LogP contribution in [0, 0.1) is 0 Å². The molecular formula is C20H17ClN2O3. The number of fused-ring (bicyclic) bond motifs is 2. The van der Waals surface area contributed by atoms with Crippen molar-refractivity contribution in [2.24, 2.45) is 0 Å². The topological polar surface area (TPSA) is 71.2 Å². The third-order valence-corrected chi connectivity index (χ3v) is 4.84. The van der Waals surface area contributed by atoms with Crippen molar-refractivity contribution < 1.29 is 14.3 Å². The summed E-state index contributed by atoms with van der Waals surface area (Å²) >= 11 is 6.06. The molecule has 1 aliphatic heterocycles. The van der Waals surface area contributed by atoms with Gasteiger partial charge < -0.3 is 15.0 Å². The Morgan fingerprint density at radius 3 is 3.00 bits per heavy atom. The van der Waals surface area contributed by atoms with Crippen LogP contribution in [0.2, 0.25) is 5.02 Å². The van der Waals surface area contributed by atoms with Crippen LogP contribution in [0.1, 0.15) is 21.5 Å². The van der Waals surface area contributed by atoms with Gasteiger partial charge in [0.25, 0.3) is 5.91 Å². The summed E-state index contributed by atoms with van der Waals surface area (Å²) in [5, 5.41) is 4.58. The SMILES string of the molecule is O=C1O[C@H](C(=O)NCCc2c[nH]c3ccc(Cl)cc23)Cc2ccccc21. The molecule has 1 atom stereocenters. The normalized spacial score (nSPS) is 16.2. The average molecular weight is 369 g/mol. The Bertz CT molecular complexity index is 996. The number of aromatic amines is 1. The minimum absolute atomic E-state index is 0.272. The molecule has 3 aromatic rings. The molecular weight excluding hydrogens is 352 g/mol. The maximum absolute atomic E-state index is 12.4. The second-order valence-electron chi connectivity index (χ2n) is 6.30. The summed E-state index contributed by atoms with van der Waals surface area (Å²) < 4.78 is 5.27. The van der Waals surface area contributed by atoms with E-state index in [2.05, 4.69) is 10.3 Å². The number of amides is 1. The summed E-state index contributed by atoms with van der Waals surface area (Å²) in [6.07, 6.45) is 2.19. The van der Waals surface area contributed by atoms with Crippen LogP contribution in [-0.4, -0.2) is 29.5 Å². The fourth-order valence-corrected chi connectivity index (χ4v) is 3.44. The molecule has 4 rings (SSSR count). The van der Waals surface area contributed by atoms with Crippen molar-refractivity contribution >= 4 is 34.4 Å². The van der Waals surface area contributed by atoms with Crippen LogP contribution in [0.25, 0.3) is 10.9 Å². The van der Waals surface area contributed by atoms with Crippen LogP contribution < -0.4 is 5.32 Å². The van der Waals surface area contributed by atoms with Crippen LogP contribution in [0.15, 0.2) is 48.7 Å². The maximum Gasteiger partial charge on any atom is 0.339 e. The first-order chi connectivity index (χ1) is 12.6. The molecule has 26 heavy (non-hydrogen) atoms. The first kappa shape index (κ1) is 16.7. The number of carbonyl (C=O) groups excluding carboxylic acids is 2. The first-order valence-electron chi connectivity index (χ1n) is 8.44. The van der Waals surface area contributed by atoms with Gasteiger partial charge in [-0.3, -0.25) is 4.79 Å². The van der Waals surface area contributed by atoms with Gasteiger partial charge in [-0.25, -0.2) is 4.79 Å². The van der Waals surface area contributed by atoms with E-state index in [0.717, 1.165) is 22.0 Å². The Labute approximate surface area is 155 Å². The van der Waals surface area contributed by atoms with Crippen molar-refractivity contribution in [2.45, 2.75) is 18.9 Å². The number of carbonyl (C=O) groups is 2. The number of H-pyrrole nitrogens is 1. The van der Waals surface area contributed by atoms with E-state index in [1.54, 1.807) is 12.1 Å². The van der Waals surface area contributed by atoms with Crippen molar-refractivity contribution in [1.29, 1.82) is 0 Å². The number of esters is 1. The Morgan fingerprint density at radius 1 is 1.27 bits per heavy atom. The molecule has 1 aliphatic rings. The zero-order valence-electron chi connectivity index (χ0n) is 13.9. The Hall–Kier alpha value is -2.79. The second-order valence-corrected chi connectivity index (χ2v) is 6.74. The lowest BCUT2D eigenvalue weighted by molar-refractivity contribution is -0.130. The highest BCUT2D eigenvalue weighted by atomic mass is 35.5. The summed E-state index contributed by atoms with van der Waals surface area (Å²) in [7, 11) is 0. The smallest absolute Gasteiger partial charge is 0.339 e. The molecule has 0 radical (unpaired) electrons. The number of halogens is 1. The lowest BCUT2D eigenvalue weighted by Crippen LogP contribution is -2.42. The second kappa shape index (κ2) is 6.84. The van der Waals surface area contributed by atoms with E-state index in [1.165, 1.54) is 0 Å². The number of hydrogen-bond donors (Lipinski definition) is 2. The molecule has 0 bridgehead atoms. The Morgan fingerprint density at radius 2 is 2.12 bits per heavy atom. The highest BCUT2D eigenvalue weighted by Crippen LogP contribution is 2.23. The largest absolute Gasteiger partial charge is 0.448 e. The Balaban J connectivity index is 1.38. The molecule has 0 fully saturated rings. The molecule has 5 nitrogen and oxygen atoms in total. The predicted molar refractivity (Wildman–Crippen MR) is 99.4 cm³/mol. The summed E-state index contributed by atoms with van der Waals surface area (Å²) in [6, 6.07) is 12.9. The number of benzene rings is 2. The minimum atomic E-state index is -0.783. The molecule has 1 amide bonds. The summed E-state index contributed by atoms with van der Waals surface area (Å²) in [6.45, 7) is 0.452. The van der Waals surface area contributed by atoms with Crippen molar-refractivity contribution in [3.05, 3.63) is 70.4 Å². The van der Waals surface area contributed by atoms with E-state index >= 15 is 0 Å². The summed E-state index contributed by atoms with van der Waals surface area (Å²) in [4.78, 5) is 27.6. The fourth-order valence-electron chi connectivity index (χ4n) is 3.27. The van der Waals surface area contributed by atoms with Gasteiger partial charge in [-0.1, -0.05) is 29.8 Å². The molecule has 0 aliphatic carbocycles. The Kier molecular flexibility index (Phi) is 4.39. The van der Waals surface area contributed by atoms with Gasteiger partial charge >= 0.3 is 5.97 Å². The predicted octanol–water partition coefficient (Wildman–Crippen LogP) is 3.26. The molecule has 0 unspecified atom stereocenters. The van der Waals surface area contributed by atoms with E-state index in [1.807, 2.05) is 36.5 Å². The van der Waals surface area contributed by atoms with E-state index < -0.39 is 12.1 Å². The van der Waals surface area contributed by atoms with Crippen molar-refractivity contribution in [1.82, 2.24) is 10.3 Å². The molecule has 0 saturated carbocycles. The minimum Gasteiger partial charge on any atom is -0.448 e. The van der Waals surface area contributed by atoms with Gasteiger partial charge in [0, 0.05) is 35.1 Å². The number of cyclic esters (lactones) is 1. The monoisotopic (exact) mass is 368 g/mol. The van der Waals surface area contributed by atoms with Gasteiger partial charge in [0.15, 0.2) is 6.10 Å². The van der Waals surface area contributed by atoms with Gasteiger partial charge in [-0.2, -0.15) is 0 Å². The molecule has 2 N–H and O–H groups in total. The lowest BCUT2D eigenvalue weighted by Gasteiger charge is -2.23. The van der Waals surface area contributed by atoms with Gasteiger partial charge in [-0.05, 0) is 41.8 Å². The molecule has 0 saturated heterocycles. The van der Waals surface area contributed by atoms with Gasteiger partial charge in [0.1, 0.15) is 0 Å². The summed E-state index contributed by atoms with van der Waals surface area (Å²) in [5.74, 6) is -0.719. The molecule has 6 heteroatoms. The zero-order valence-corrected chi connectivity index (χ0v) is 14.7. The molecule has 2 heterocycles. The molecule has 2 aromatic carbocycles. The van der Waals surface area contributed by atoms with E-state index in [0.29, 0.717) is 30.0 Å². The van der Waals surface area contributed by atoms with Gasteiger partial charge in [-0.15, -0.1) is 0 Å². The van der Waals surface area contributed by atoms with Crippen LogP contribution >= 0.6 is 11.6 Å².